The molecule has 2 aliphatic rings. The Morgan fingerprint density at radius 1 is 1.06 bits per heavy atom. The Morgan fingerprint density at radius 2 is 1.81 bits per heavy atom. The molecule has 0 saturated heterocycles. The molecule has 1 saturated carbocycles. The Labute approximate surface area is 215 Å². The Bertz CT molecular complexity index is 1540. The standard InChI is InChI=1S/C30H28ClN3O2/c1-16(35)23-13-17(30(23,2)3)14-26(36)34-28-20-8-5-4-7-19(20)27-21(28)9-6-10-22(27)29-32-24-12-11-18(31)15-25(24)33-29/h4-12,15,17,23,28H,13-14H2,1-3H3,(H,32,33)(H,34,36). The number of Topliss-reactive ketones (excluding diaryl/α,β-unsaturated/α-hetero) is 1. The maximum Gasteiger partial charge on any atom is 0.221 e. The number of H-pyrrole nitrogens is 1. The van der Waals surface area contributed by atoms with Crippen molar-refractivity contribution < 1.29 is 9.59 Å². The number of rotatable bonds is 5. The van der Waals surface area contributed by atoms with Crippen molar-refractivity contribution in [2.45, 2.75) is 39.7 Å². The van der Waals surface area contributed by atoms with Gasteiger partial charge in [0.1, 0.15) is 11.6 Å². The van der Waals surface area contributed by atoms with Crippen LogP contribution in [0.25, 0.3) is 33.5 Å². The molecule has 6 rings (SSSR count). The third kappa shape index (κ3) is 3.56. The van der Waals surface area contributed by atoms with Crippen molar-refractivity contribution in [1.29, 1.82) is 0 Å². The monoisotopic (exact) mass is 497 g/mol. The summed E-state index contributed by atoms with van der Waals surface area (Å²) in [5, 5.41) is 3.97. The summed E-state index contributed by atoms with van der Waals surface area (Å²) < 4.78 is 0. The summed E-state index contributed by atoms with van der Waals surface area (Å²) >= 11 is 6.19. The molecule has 182 valence electrons. The summed E-state index contributed by atoms with van der Waals surface area (Å²) in [5.74, 6) is 1.26. The number of aromatic amines is 1. The Morgan fingerprint density at radius 3 is 2.58 bits per heavy atom. The molecule has 0 aliphatic heterocycles. The lowest BCUT2D eigenvalue weighted by Gasteiger charge is -2.51. The van der Waals surface area contributed by atoms with E-state index in [0.29, 0.717) is 11.4 Å². The van der Waals surface area contributed by atoms with Crippen LogP contribution < -0.4 is 5.32 Å². The average Bonchev–Trinajstić information content (AvgIpc) is 3.40. The molecule has 3 atom stereocenters. The van der Waals surface area contributed by atoms with Crippen molar-refractivity contribution >= 4 is 34.3 Å². The zero-order chi connectivity index (χ0) is 25.2. The zero-order valence-electron chi connectivity index (χ0n) is 20.6. The van der Waals surface area contributed by atoms with Gasteiger partial charge in [0.15, 0.2) is 0 Å². The molecule has 0 radical (unpaired) electrons. The first-order valence-corrected chi connectivity index (χ1v) is 12.8. The smallest absolute Gasteiger partial charge is 0.221 e. The van der Waals surface area contributed by atoms with Crippen LogP contribution in [0.1, 0.15) is 50.8 Å². The van der Waals surface area contributed by atoms with Gasteiger partial charge >= 0.3 is 0 Å². The number of hydrogen-bond donors (Lipinski definition) is 2. The Kier molecular flexibility index (Phi) is 5.31. The summed E-state index contributed by atoms with van der Waals surface area (Å²) in [7, 11) is 0. The van der Waals surface area contributed by atoms with E-state index in [1.54, 1.807) is 6.92 Å². The van der Waals surface area contributed by atoms with Crippen LogP contribution in [0.15, 0.2) is 60.7 Å². The number of ketones is 1. The molecule has 0 bridgehead atoms. The Balaban J connectivity index is 1.34. The molecule has 4 aromatic rings. The lowest BCUT2D eigenvalue weighted by atomic mass is 9.52. The Hall–Kier alpha value is -3.44. The van der Waals surface area contributed by atoms with Crippen LogP contribution in [-0.2, 0) is 9.59 Å². The van der Waals surface area contributed by atoms with Crippen LogP contribution >= 0.6 is 11.6 Å². The zero-order valence-corrected chi connectivity index (χ0v) is 21.3. The molecule has 2 aliphatic carbocycles. The number of carbonyl (C=O) groups is 2. The minimum absolute atomic E-state index is 0.0199. The highest BCUT2D eigenvalue weighted by atomic mass is 35.5. The second-order valence-electron chi connectivity index (χ2n) is 10.7. The lowest BCUT2D eigenvalue weighted by molar-refractivity contribution is -0.141. The van der Waals surface area contributed by atoms with E-state index in [1.165, 1.54) is 0 Å². The number of fused-ring (bicyclic) bond motifs is 4. The van der Waals surface area contributed by atoms with Crippen molar-refractivity contribution in [1.82, 2.24) is 15.3 Å². The summed E-state index contributed by atoms with van der Waals surface area (Å²) in [6.07, 6.45) is 1.21. The first kappa shape index (κ1) is 23.0. The van der Waals surface area contributed by atoms with Crippen molar-refractivity contribution in [2.24, 2.45) is 17.3 Å². The van der Waals surface area contributed by atoms with Gasteiger partial charge in [-0.2, -0.15) is 0 Å². The molecule has 2 N–H and O–H groups in total. The molecule has 1 aromatic heterocycles. The predicted molar refractivity (Wildman–Crippen MR) is 143 cm³/mol. The minimum atomic E-state index is -0.228. The fraction of sp³-hybridized carbons (Fsp3) is 0.300. The van der Waals surface area contributed by atoms with Crippen molar-refractivity contribution in [2.75, 3.05) is 0 Å². The van der Waals surface area contributed by atoms with Crippen LogP contribution in [0.2, 0.25) is 5.02 Å². The molecule has 36 heavy (non-hydrogen) atoms. The maximum atomic E-state index is 13.3. The van der Waals surface area contributed by atoms with E-state index in [4.69, 9.17) is 16.6 Å². The fourth-order valence-corrected chi connectivity index (χ4v) is 6.39. The van der Waals surface area contributed by atoms with E-state index in [9.17, 15) is 9.59 Å². The van der Waals surface area contributed by atoms with Gasteiger partial charge in [0.05, 0.1) is 17.1 Å². The second kappa shape index (κ2) is 8.31. The van der Waals surface area contributed by atoms with Crippen molar-refractivity contribution in [3.8, 4) is 22.5 Å². The highest BCUT2D eigenvalue weighted by molar-refractivity contribution is 6.31. The highest BCUT2D eigenvalue weighted by Gasteiger charge is 2.50. The predicted octanol–water partition coefficient (Wildman–Crippen LogP) is 6.71. The minimum Gasteiger partial charge on any atom is -0.345 e. The largest absolute Gasteiger partial charge is 0.345 e. The molecule has 1 amide bonds. The number of nitrogens with zero attached hydrogens (tertiary/aromatic N) is 1. The SMILES string of the molecule is CC(=O)C1CC(CC(=O)NC2c3ccccc3-c3c(-c4nc5ccc(Cl)cc5[nH]4)cccc32)C1(C)C. The van der Waals surface area contributed by atoms with E-state index in [0.717, 1.165) is 51.1 Å². The van der Waals surface area contributed by atoms with Crippen molar-refractivity contribution in [3.05, 3.63) is 76.8 Å². The molecular weight excluding hydrogens is 470 g/mol. The molecule has 3 unspecified atom stereocenters. The average molecular weight is 498 g/mol. The third-order valence-corrected chi connectivity index (χ3v) is 8.58. The number of aromatic nitrogens is 2. The summed E-state index contributed by atoms with van der Waals surface area (Å²) in [5.41, 5.74) is 6.93. The number of amides is 1. The molecule has 1 heterocycles. The van der Waals surface area contributed by atoms with Gasteiger partial charge in [-0.1, -0.05) is 67.9 Å². The quantitative estimate of drug-likeness (QED) is 0.321. The van der Waals surface area contributed by atoms with E-state index >= 15 is 0 Å². The van der Waals surface area contributed by atoms with Crippen LogP contribution in [0.3, 0.4) is 0 Å². The van der Waals surface area contributed by atoms with E-state index in [2.05, 4.69) is 48.4 Å². The molecule has 0 spiro atoms. The molecule has 1 fully saturated rings. The number of benzene rings is 3. The summed E-state index contributed by atoms with van der Waals surface area (Å²) in [6.45, 7) is 5.87. The van der Waals surface area contributed by atoms with E-state index in [-0.39, 0.29) is 35.0 Å². The van der Waals surface area contributed by atoms with Crippen LogP contribution in [0, 0.1) is 17.3 Å². The molecule has 3 aromatic carbocycles. The van der Waals surface area contributed by atoms with Gasteiger partial charge in [0, 0.05) is 22.9 Å². The molecule has 5 nitrogen and oxygen atoms in total. The third-order valence-electron chi connectivity index (χ3n) is 8.35. The van der Waals surface area contributed by atoms with Crippen LogP contribution in [0.4, 0.5) is 0 Å². The van der Waals surface area contributed by atoms with Gasteiger partial charge in [0.25, 0.3) is 0 Å². The molecular formula is C30H28ClN3O2. The van der Waals surface area contributed by atoms with E-state index in [1.807, 2.05) is 36.4 Å². The first-order valence-electron chi connectivity index (χ1n) is 12.4. The van der Waals surface area contributed by atoms with Crippen molar-refractivity contribution in [3.63, 3.8) is 0 Å². The number of halogens is 1. The second-order valence-corrected chi connectivity index (χ2v) is 11.2. The number of carbonyl (C=O) groups excluding carboxylic acids is 2. The summed E-state index contributed by atoms with van der Waals surface area (Å²) in [4.78, 5) is 33.4. The first-order chi connectivity index (χ1) is 17.2. The topological polar surface area (TPSA) is 74.8 Å². The lowest BCUT2D eigenvalue weighted by Crippen LogP contribution is -2.49. The van der Waals surface area contributed by atoms with Gasteiger partial charge in [-0.15, -0.1) is 0 Å². The van der Waals surface area contributed by atoms with Gasteiger partial charge < -0.3 is 10.3 Å². The van der Waals surface area contributed by atoms with E-state index < -0.39 is 0 Å². The number of nitrogens with one attached hydrogen (secondary N) is 2. The van der Waals surface area contributed by atoms with Gasteiger partial charge in [-0.3, -0.25) is 9.59 Å². The fourth-order valence-electron chi connectivity index (χ4n) is 6.21. The highest BCUT2D eigenvalue weighted by Crippen LogP contribution is 2.53. The van der Waals surface area contributed by atoms with Gasteiger partial charge in [-0.25, -0.2) is 4.98 Å². The normalized spacial score (nSPS) is 21.5. The maximum absolute atomic E-state index is 13.3. The number of hydrogen-bond acceptors (Lipinski definition) is 3. The van der Waals surface area contributed by atoms with Gasteiger partial charge in [-0.05, 0) is 65.1 Å². The number of imidazole rings is 1. The van der Waals surface area contributed by atoms with Crippen LogP contribution in [0.5, 0.6) is 0 Å². The van der Waals surface area contributed by atoms with Crippen LogP contribution in [-0.4, -0.2) is 21.7 Å². The van der Waals surface area contributed by atoms with Gasteiger partial charge in [0.2, 0.25) is 5.91 Å². The molecule has 6 heteroatoms. The summed E-state index contributed by atoms with van der Waals surface area (Å²) in [6, 6.07) is 19.8.